The predicted octanol–water partition coefficient (Wildman–Crippen LogP) is 2.84. The first-order valence-corrected chi connectivity index (χ1v) is 9.57. The zero-order valence-corrected chi connectivity index (χ0v) is 16.6. The van der Waals surface area contributed by atoms with Crippen LogP contribution in [0.25, 0.3) is 0 Å². The van der Waals surface area contributed by atoms with E-state index in [2.05, 4.69) is 16.9 Å². The van der Waals surface area contributed by atoms with Gasteiger partial charge < -0.3 is 14.5 Å². The molecule has 1 aliphatic heterocycles. The first kappa shape index (κ1) is 19.8. The van der Waals surface area contributed by atoms with Crippen molar-refractivity contribution >= 4 is 17.5 Å². The van der Waals surface area contributed by atoms with Crippen LogP contribution in [0.2, 0.25) is 0 Å². The molecule has 1 fully saturated rings. The molecule has 7 nitrogen and oxygen atoms in total. The monoisotopic (exact) mass is 382 g/mol. The standard InChI is InChI=1S/C21H26N4O3/c1-4-5-8-16-12-25(18-9-6-7-10-19(18)28-3)20(26)13-24(16)21(27)17-11-22-14-23-15(17)2/h6-7,9-11,14,16H,4-5,8,12-13H2,1-3H3/t16-/m0/s1. The van der Waals surface area contributed by atoms with Crippen LogP contribution in [0.4, 0.5) is 5.69 Å². The number of amides is 2. The molecule has 2 aromatic rings. The number of piperazine rings is 1. The van der Waals surface area contributed by atoms with E-state index in [1.165, 1.54) is 12.5 Å². The number of aromatic nitrogens is 2. The minimum atomic E-state index is -0.188. The molecule has 7 heteroatoms. The quantitative estimate of drug-likeness (QED) is 0.768. The van der Waals surface area contributed by atoms with Gasteiger partial charge in [-0.1, -0.05) is 31.9 Å². The number of ether oxygens (including phenoxy) is 1. The number of unbranched alkanes of at least 4 members (excludes halogenated alkanes) is 1. The van der Waals surface area contributed by atoms with Crippen LogP contribution >= 0.6 is 0 Å². The Balaban J connectivity index is 1.90. The molecule has 0 spiro atoms. The van der Waals surface area contributed by atoms with Crippen LogP contribution < -0.4 is 9.64 Å². The number of carbonyl (C=O) groups is 2. The minimum Gasteiger partial charge on any atom is -0.495 e. The summed E-state index contributed by atoms with van der Waals surface area (Å²) in [6, 6.07) is 7.40. The molecule has 2 heterocycles. The van der Waals surface area contributed by atoms with E-state index in [1.807, 2.05) is 24.3 Å². The van der Waals surface area contributed by atoms with Crippen molar-refractivity contribution in [3.63, 3.8) is 0 Å². The number of carbonyl (C=O) groups excluding carboxylic acids is 2. The molecule has 0 unspecified atom stereocenters. The first-order valence-electron chi connectivity index (χ1n) is 9.57. The predicted molar refractivity (Wildman–Crippen MR) is 106 cm³/mol. The molecule has 1 aromatic heterocycles. The summed E-state index contributed by atoms with van der Waals surface area (Å²) in [5.74, 6) is 0.338. The van der Waals surface area contributed by atoms with Gasteiger partial charge in [-0.05, 0) is 25.5 Å². The summed E-state index contributed by atoms with van der Waals surface area (Å²) in [4.78, 5) is 37.6. The molecular formula is C21H26N4O3. The highest BCUT2D eigenvalue weighted by Gasteiger charge is 2.37. The summed E-state index contributed by atoms with van der Waals surface area (Å²) in [5.41, 5.74) is 1.80. The molecule has 1 aromatic carbocycles. The van der Waals surface area contributed by atoms with Gasteiger partial charge in [0, 0.05) is 12.7 Å². The zero-order valence-electron chi connectivity index (χ0n) is 16.6. The molecule has 28 heavy (non-hydrogen) atoms. The van der Waals surface area contributed by atoms with Crippen molar-refractivity contribution in [2.75, 3.05) is 25.1 Å². The maximum atomic E-state index is 13.2. The summed E-state index contributed by atoms with van der Waals surface area (Å²) in [5, 5.41) is 0. The zero-order chi connectivity index (χ0) is 20.1. The van der Waals surface area contributed by atoms with E-state index in [0.717, 1.165) is 24.9 Å². The van der Waals surface area contributed by atoms with Crippen LogP contribution in [0.1, 0.15) is 42.2 Å². The van der Waals surface area contributed by atoms with Gasteiger partial charge in [0.1, 0.15) is 18.6 Å². The van der Waals surface area contributed by atoms with Crippen molar-refractivity contribution in [1.29, 1.82) is 0 Å². The summed E-state index contributed by atoms with van der Waals surface area (Å²) in [6.45, 7) is 4.37. The lowest BCUT2D eigenvalue weighted by Crippen LogP contribution is -2.58. The Morgan fingerprint density at radius 1 is 1.32 bits per heavy atom. The Labute approximate surface area is 165 Å². The number of hydrogen-bond acceptors (Lipinski definition) is 5. The van der Waals surface area contributed by atoms with Gasteiger partial charge in [0.15, 0.2) is 0 Å². The Kier molecular flexibility index (Phi) is 6.23. The van der Waals surface area contributed by atoms with Gasteiger partial charge >= 0.3 is 0 Å². The van der Waals surface area contributed by atoms with E-state index in [4.69, 9.17) is 4.74 Å². The van der Waals surface area contributed by atoms with E-state index in [1.54, 1.807) is 23.8 Å². The minimum absolute atomic E-state index is 0.0274. The Morgan fingerprint density at radius 2 is 2.11 bits per heavy atom. The third-order valence-electron chi connectivity index (χ3n) is 5.11. The van der Waals surface area contributed by atoms with Crippen molar-refractivity contribution in [2.45, 2.75) is 39.2 Å². The smallest absolute Gasteiger partial charge is 0.258 e. The average molecular weight is 382 g/mol. The average Bonchev–Trinajstić information content (AvgIpc) is 2.72. The van der Waals surface area contributed by atoms with Crippen molar-refractivity contribution < 1.29 is 14.3 Å². The maximum Gasteiger partial charge on any atom is 0.258 e. The molecular weight excluding hydrogens is 356 g/mol. The Morgan fingerprint density at radius 3 is 2.82 bits per heavy atom. The van der Waals surface area contributed by atoms with Gasteiger partial charge in [0.2, 0.25) is 5.91 Å². The maximum absolute atomic E-state index is 13.2. The summed E-state index contributed by atoms with van der Waals surface area (Å²) < 4.78 is 5.43. The van der Waals surface area contributed by atoms with E-state index in [-0.39, 0.29) is 24.4 Å². The molecule has 0 bridgehead atoms. The molecule has 1 aliphatic rings. The third kappa shape index (κ3) is 3.98. The largest absolute Gasteiger partial charge is 0.495 e. The molecule has 0 saturated carbocycles. The normalized spacial score (nSPS) is 17.0. The van der Waals surface area contributed by atoms with Gasteiger partial charge in [-0.2, -0.15) is 0 Å². The van der Waals surface area contributed by atoms with E-state index in [9.17, 15) is 9.59 Å². The van der Waals surface area contributed by atoms with E-state index in [0.29, 0.717) is 23.6 Å². The fourth-order valence-corrected chi connectivity index (χ4v) is 3.54. The molecule has 0 N–H and O–H groups in total. The highest BCUT2D eigenvalue weighted by molar-refractivity contribution is 6.02. The molecule has 1 atom stereocenters. The second-order valence-corrected chi connectivity index (χ2v) is 6.93. The number of methoxy groups -OCH3 is 1. The van der Waals surface area contributed by atoms with Crippen LogP contribution in [0.3, 0.4) is 0 Å². The first-order chi connectivity index (χ1) is 13.6. The van der Waals surface area contributed by atoms with Crippen molar-refractivity contribution in [1.82, 2.24) is 14.9 Å². The lowest BCUT2D eigenvalue weighted by atomic mass is 10.0. The molecule has 0 aliphatic carbocycles. The summed E-state index contributed by atoms with van der Waals surface area (Å²) in [7, 11) is 1.59. The molecule has 0 radical (unpaired) electrons. The van der Waals surface area contributed by atoms with Gasteiger partial charge in [-0.15, -0.1) is 0 Å². The second-order valence-electron chi connectivity index (χ2n) is 6.93. The van der Waals surface area contributed by atoms with E-state index < -0.39 is 0 Å². The lowest BCUT2D eigenvalue weighted by molar-refractivity contribution is -0.121. The number of nitrogens with zero attached hydrogens (tertiary/aromatic N) is 4. The third-order valence-corrected chi connectivity index (χ3v) is 5.11. The van der Waals surface area contributed by atoms with Crippen molar-refractivity contribution in [3.05, 3.63) is 48.0 Å². The topological polar surface area (TPSA) is 75.6 Å². The fraction of sp³-hybridized carbons (Fsp3) is 0.429. The number of hydrogen-bond donors (Lipinski definition) is 0. The van der Waals surface area contributed by atoms with Crippen LogP contribution in [0.5, 0.6) is 5.75 Å². The van der Waals surface area contributed by atoms with Crippen LogP contribution in [-0.2, 0) is 4.79 Å². The fourth-order valence-electron chi connectivity index (χ4n) is 3.54. The molecule has 3 rings (SSSR count). The molecule has 148 valence electrons. The number of rotatable bonds is 6. The number of anilines is 1. The highest BCUT2D eigenvalue weighted by Crippen LogP contribution is 2.31. The number of benzene rings is 1. The Hall–Kier alpha value is -2.96. The molecule has 2 amide bonds. The van der Waals surface area contributed by atoms with Crippen LogP contribution in [0, 0.1) is 6.92 Å². The number of aryl methyl sites for hydroxylation is 1. The lowest BCUT2D eigenvalue weighted by Gasteiger charge is -2.41. The van der Waals surface area contributed by atoms with Gasteiger partial charge in [-0.3, -0.25) is 9.59 Å². The van der Waals surface area contributed by atoms with Crippen LogP contribution in [-0.4, -0.2) is 52.9 Å². The SMILES string of the molecule is CCCC[C@H]1CN(c2ccccc2OC)C(=O)CN1C(=O)c1cncnc1C. The number of para-hydroxylation sites is 2. The second kappa shape index (κ2) is 8.82. The van der Waals surface area contributed by atoms with Gasteiger partial charge in [0.25, 0.3) is 5.91 Å². The summed E-state index contributed by atoms with van der Waals surface area (Å²) in [6.07, 6.45) is 5.78. The van der Waals surface area contributed by atoms with Crippen LogP contribution in [0.15, 0.2) is 36.8 Å². The summed E-state index contributed by atoms with van der Waals surface area (Å²) >= 11 is 0. The highest BCUT2D eigenvalue weighted by atomic mass is 16.5. The van der Waals surface area contributed by atoms with Crippen molar-refractivity contribution in [2.24, 2.45) is 0 Å². The van der Waals surface area contributed by atoms with Gasteiger partial charge in [-0.25, -0.2) is 9.97 Å². The van der Waals surface area contributed by atoms with Gasteiger partial charge in [0.05, 0.1) is 30.1 Å². The van der Waals surface area contributed by atoms with E-state index >= 15 is 0 Å². The van der Waals surface area contributed by atoms with Crippen molar-refractivity contribution in [3.8, 4) is 5.75 Å². The Bertz CT molecular complexity index is 855. The molecule has 1 saturated heterocycles.